The van der Waals surface area contributed by atoms with Crippen molar-refractivity contribution in [3.63, 3.8) is 0 Å². The molecule has 0 saturated heterocycles. The zero-order valence-electron chi connectivity index (χ0n) is 32.2. The van der Waals surface area contributed by atoms with Gasteiger partial charge in [-0.3, -0.25) is 0 Å². The van der Waals surface area contributed by atoms with Crippen molar-refractivity contribution in [2.24, 2.45) is 52.8 Å². The fourth-order valence-corrected chi connectivity index (χ4v) is 14.0. The summed E-state index contributed by atoms with van der Waals surface area (Å²) in [4.78, 5) is 3.02. The van der Waals surface area contributed by atoms with E-state index in [1.54, 1.807) is 16.8 Å². The lowest BCUT2D eigenvalue weighted by Crippen LogP contribution is -2.53. The number of ether oxygens (including phenoxy) is 1. The number of nitrogens with zero attached hydrogens (tertiary/aromatic N) is 1. The molecule has 2 nitrogen and oxygen atoms in total. The molecular formula is C51H61NO. The van der Waals surface area contributed by atoms with E-state index in [-0.39, 0.29) is 16.9 Å². The minimum absolute atomic E-state index is 0.102. The predicted octanol–water partition coefficient (Wildman–Crippen LogP) is 12.1. The van der Waals surface area contributed by atoms with Crippen LogP contribution in [0.4, 0.5) is 0 Å². The van der Waals surface area contributed by atoms with E-state index >= 15 is 0 Å². The van der Waals surface area contributed by atoms with Crippen LogP contribution >= 0.6 is 0 Å². The van der Waals surface area contributed by atoms with Crippen molar-refractivity contribution in [2.45, 2.75) is 114 Å². The van der Waals surface area contributed by atoms with Crippen molar-refractivity contribution in [1.82, 2.24) is 4.90 Å². The highest BCUT2D eigenvalue weighted by molar-refractivity contribution is 5.44. The molecule has 10 rings (SSSR count). The van der Waals surface area contributed by atoms with Crippen LogP contribution < -0.4 is 0 Å². The van der Waals surface area contributed by atoms with Gasteiger partial charge in [-0.25, -0.2) is 0 Å². The van der Waals surface area contributed by atoms with Crippen molar-refractivity contribution in [3.05, 3.63) is 144 Å². The lowest BCUT2D eigenvalue weighted by molar-refractivity contribution is 0.0473. The van der Waals surface area contributed by atoms with Gasteiger partial charge in [0.05, 0.1) is 12.1 Å². The maximum atomic E-state index is 6.89. The molecule has 9 aliphatic rings. The standard InChI is InChI=1S/C51H61NO/c1-35-28-30-42-48(33-35)53-47-27-16-26-46(49(42)47)52(45-25-13-12-23-40(45)36-17-6-3-7-18-36)39-29-31-41-43-24-14-15-32-50(43,2)51(44(41)34-39,37-19-8-4-9-20-37)38-21-10-5-11-22-38/h4,6,8-10,12-14,16-17,19-21,23-25,27-30,35-36,38,40-46,48H,3,5,7,11,15,18,22,26,31-34H2,1-2H3. The van der Waals surface area contributed by atoms with Gasteiger partial charge in [-0.05, 0) is 130 Å². The molecular weight excluding hydrogens is 643 g/mol. The molecule has 0 N–H and O–H groups in total. The molecule has 0 spiro atoms. The molecule has 13 atom stereocenters. The SMILES string of the molecule is CC1C=CC2C3=C(C=CCC3N(C3=CCC4C5C=CCCC5(C)C(c5ccccc5)(C5C=CCCC5)C4C3)C3C=CC=CC3C3C=CCCC3)OC2C1. The molecule has 13 unspecified atom stereocenters. The number of benzene rings is 1. The molecule has 8 aliphatic carbocycles. The molecule has 0 radical (unpaired) electrons. The fourth-order valence-electron chi connectivity index (χ4n) is 14.0. The molecule has 276 valence electrons. The van der Waals surface area contributed by atoms with Crippen LogP contribution in [0.25, 0.3) is 0 Å². The first-order valence-corrected chi connectivity index (χ1v) is 21.7. The smallest absolute Gasteiger partial charge is 0.121 e. The average Bonchev–Trinajstić information content (AvgIpc) is 3.69. The Kier molecular flexibility index (Phi) is 8.76. The number of allylic oxidation sites excluding steroid dienone is 12. The second kappa shape index (κ2) is 13.6. The van der Waals surface area contributed by atoms with Crippen LogP contribution in [0.5, 0.6) is 0 Å². The van der Waals surface area contributed by atoms with Crippen LogP contribution in [0, 0.1) is 52.8 Å². The lowest BCUT2D eigenvalue weighted by Gasteiger charge is -2.56. The molecule has 0 aromatic heterocycles. The van der Waals surface area contributed by atoms with E-state index in [9.17, 15) is 0 Å². The molecule has 0 amide bonds. The molecule has 1 saturated carbocycles. The first kappa shape index (κ1) is 34.0. The molecule has 0 bridgehead atoms. The molecule has 1 aliphatic heterocycles. The summed E-state index contributed by atoms with van der Waals surface area (Å²) in [6.07, 6.45) is 52.9. The van der Waals surface area contributed by atoms with Crippen molar-refractivity contribution < 1.29 is 4.74 Å². The Balaban J connectivity index is 1.12. The van der Waals surface area contributed by atoms with Gasteiger partial charge in [0.15, 0.2) is 0 Å². The van der Waals surface area contributed by atoms with Gasteiger partial charge < -0.3 is 9.64 Å². The van der Waals surface area contributed by atoms with E-state index in [1.165, 1.54) is 63.5 Å². The van der Waals surface area contributed by atoms with E-state index in [1.807, 2.05) is 0 Å². The Morgan fingerprint density at radius 1 is 0.811 bits per heavy atom. The fraction of sp³-hybridized carbons (Fsp3) is 0.529. The summed E-state index contributed by atoms with van der Waals surface area (Å²) in [6.45, 7) is 5.09. The number of rotatable bonds is 6. The second-order valence-electron chi connectivity index (χ2n) is 18.5. The van der Waals surface area contributed by atoms with E-state index in [0.717, 1.165) is 19.3 Å². The molecule has 1 heterocycles. The van der Waals surface area contributed by atoms with Crippen molar-refractivity contribution in [3.8, 4) is 0 Å². The molecule has 1 fully saturated rings. The summed E-state index contributed by atoms with van der Waals surface area (Å²) >= 11 is 0. The maximum absolute atomic E-state index is 6.89. The van der Waals surface area contributed by atoms with Crippen molar-refractivity contribution in [2.75, 3.05) is 0 Å². The van der Waals surface area contributed by atoms with Crippen molar-refractivity contribution in [1.29, 1.82) is 0 Å². The topological polar surface area (TPSA) is 12.5 Å². The minimum atomic E-state index is 0.102. The highest BCUT2D eigenvalue weighted by Crippen LogP contribution is 2.72. The average molecular weight is 704 g/mol. The number of fused-ring (bicyclic) bond motifs is 5. The van der Waals surface area contributed by atoms with E-state index in [2.05, 4.69) is 140 Å². The third kappa shape index (κ3) is 5.31. The summed E-state index contributed by atoms with van der Waals surface area (Å²) in [5, 5.41) is 0. The van der Waals surface area contributed by atoms with Gasteiger partial charge in [-0.2, -0.15) is 0 Å². The van der Waals surface area contributed by atoms with Gasteiger partial charge in [0.1, 0.15) is 11.9 Å². The van der Waals surface area contributed by atoms with E-state index in [4.69, 9.17) is 4.74 Å². The Morgan fingerprint density at radius 3 is 2.47 bits per heavy atom. The number of hydrogen-bond acceptors (Lipinski definition) is 2. The summed E-state index contributed by atoms with van der Waals surface area (Å²) in [7, 11) is 0. The van der Waals surface area contributed by atoms with Gasteiger partial charge in [0.25, 0.3) is 0 Å². The van der Waals surface area contributed by atoms with Gasteiger partial charge >= 0.3 is 0 Å². The van der Waals surface area contributed by atoms with Crippen LogP contribution in [0.2, 0.25) is 0 Å². The Labute approximate surface area is 319 Å². The van der Waals surface area contributed by atoms with Crippen LogP contribution in [0.3, 0.4) is 0 Å². The largest absolute Gasteiger partial charge is 0.489 e. The highest BCUT2D eigenvalue weighted by Gasteiger charge is 2.69. The van der Waals surface area contributed by atoms with E-state index < -0.39 is 0 Å². The zero-order chi connectivity index (χ0) is 35.6. The lowest BCUT2D eigenvalue weighted by atomic mass is 9.48. The highest BCUT2D eigenvalue weighted by atomic mass is 16.5. The first-order valence-electron chi connectivity index (χ1n) is 21.7. The Hall–Kier alpha value is -3.52. The normalized spacial score (nSPS) is 43.5. The van der Waals surface area contributed by atoms with Gasteiger partial charge in [-0.15, -0.1) is 0 Å². The van der Waals surface area contributed by atoms with E-state index in [0.29, 0.717) is 59.4 Å². The Bertz CT molecular complexity index is 1830. The number of hydrogen-bond donors (Lipinski definition) is 0. The Morgan fingerprint density at radius 2 is 1.64 bits per heavy atom. The molecule has 1 aromatic carbocycles. The summed E-state index contributed by atoms with van der Waals surface area (Å²) in [5.41, 5.74) is 5.12. The molecule has 1 aromatic rings. The third-order valence-corrected chi connectivity index (χ3v) is 16.0. The third-order valence-electron chi connectivity index (χ3n) is 16.0. The summed E-state index contributed by atoms with van der Waals surface area (Å²) < 4.78 is 6.89. The van der Waals surface area contributed by atoms with Gasteiger partial charge in [0.2, 0.25) is 0 Å². The van der Waals surface area contributed by atoms with Crippen molar-refractivity contribution >= 4 is 0 Å². The van der Waals surface area contributed by atoms with Crippen LogP contribution in [0.1, 0.15) is 96.5 Å². The maximum Gasteiger partial charge on any atom is 0.121 e. The first-order chi connectivity index (χ1) is 26.1. The van der Waals surface area contributed by atoms with Gasteiger partial charge in [0, 0.05) is 28.5 Å². The monoisotopic (exact) mass is 703 g/mol. The van der Waals surface area contributed by atoms with Crippen LogP contribution in [-0.2, 0) is 10.2 Å². The molecule has 2 heteroatoms. The van der Waals surface area contributed by atoms with Crippen LogP contribution in [-0.4, -0.2) is 23.1 Å². The predicted molar refractivity (Wildman–Crippen MR) is 219 cm³/mol. The summed E-state index contributed by atoms with van der Waals surface area (Å²) in [6, 6.07) is 12.6. The van der Waals surface area contributed by atoms with Crippen LogP contribution in [0.15, 0.2) is 139 Å². The second-order valence-corrected chi connectivity index (χ2v) is 18.5. The minimum Gasteiger partial charge on any atom is -0.489 e. The quantitative estimate of drug-likeness (QED) is 0.274. The van der Waals surface area contributed by atoms with Gasteiger partial charge in [-0.1, -0.05) is 129 Å². The summed E-state index contributed by atoms with van der Waals surface area (Å²) in [5.74, 6) is 5.62. The zero-order valence-corrected chi connectivity index (χ0v) is 32.2. The molecule has 53 heavy (non-hydrogen) atoms.